The molecule has 1 aliphatic rings. The molecule has 0 bridgehead atoms. The molecule has 4 N–H and O–H groups in total. The molecule has 2 amide bonds. The van der Waals surface area contributed by atoms with Crippen molar-refractivity contribution >= 4 is 17.8 Å². The normalized spacial score (nSPS) is 25.2. The van der Waals surface area contributed by atoms with Crippen LogP contribution in [0.1, 0.15) is 6.42 Å². The van der Waals surface area contributed by atoms with E-state index >= 15 is 0 Å². The summed E-state index contributed by atoms with van der Waals surface area (Å²) in [5.74, 6) is -3.27. The number of hydrogen-bond donors (Lipinski definition) is 3. The van der Waals surface area contributed by atoms with E-state index in [0.29, 0.717) is 0 Å². The van der Waals surface area contributed by atoms with Crippen molar-refractivity contribution in [1.29, 1.82) is 0 Å². The topological polar surface area (TPSA) is 109 Å². The number of aliphatic carboxylic acids is 1. The van der Waals surface area contributed by atoms with Crippen molar-refractivity contribution in [2.45, 2.75) is 12.5 Å². The fourth-order valence-electron chi connectivity index (χ4n) is 1.04. The average molecular weight is 172 g/mol. The Hall–Kier alpha value is -1.43. The van der Waals surface area contributed by atoms with Crippen LogP contribution >= 0.6 is 0 Å². The van der Waals surface area contributed by atoms with Crippen LogP contribution in [0.25, 0.3) is 0 Å². The minimum Gasteiger partial charge on any atom is -0.480 e. The third kappa shape index (κ3) is 1.42. The minimum atomic E-state index is -1.29. The zero-order valence-corrected chi connectivity index (χ0v) is 6.11. The summed E-state index contributed by atoms with van der Waals surface area (Å²) in [6.45, 7) is 0. The first-order valence-corrected chi connectivity index (χ1v) is 3.34. The fraction of sp³-hybridized carbons (Fsp3) is 0.500. The molecule has 1 aliphatic heterocycles. The molecule has 1 fully saturated rings. The zero-order valence-electron chi connectivity index (χ0n) is 6.11. The Balaban J connectivity index is 2.70. The predicted octanol–water partition coefficient (Wildman–Crippen LogP) is -1.94. The number of hydrogen-bond acceptors (Lipinski definition) is 4. The third-order valence-electron chi connectivity index (χ3n) is 1.72. The van der Waals surface area contributed by atoms with E-state index in [1.54, 1.807) is 0 Å². The summed E-state index contributed by atoms with van der Waals surface area (Å²) in [5.41, 5.74) is 5.16. The largest absolute Gasteiger partial charge is 0.480 e. The van der Waals surface area contributed by atoms with Crippen LogP contribution in [0.15, 0.2) is 0 Å². The maximum atomic E-state index is 10.9. The Morgan fingerprint density at radius 1 is 1.67 bits per heavy atom. The van der Waals surface area contributed by atoms with Crippen LogP contribution in [0.3, 0.4) is 0 Å². The molecule has 2 unspecified atom stereocenters. The van der Waals surface area contributed by atoms with Crippen molar-refractivity contribution in [3.63, 3.8) is 0 Å². The molecular formula is C6H8N2O4. The molecular weight excluding hydrogens is 164 g/mol. The standard InChI is InChI=1S/C6H8N2O4/c7-4(6(11)12)2-1-3(9)8-5(2)10/h2,4H,1,7H2,(H,11,12)(H,8,9,10). The number of rotatable bonds is 2. The predicted molar refractivity (Wildman–Crippen MR) is 36.9 cm³/mol. The van der Waals surface area contributed by atoms with Crippen molar-refractivity contribution in [3.05, 3.63) is 0 Å². The van der Waals surface area contributed by atoms with Crippen LogP contribution in [-0.4, -0.2) is 28.9 Å². The molecule has 0 radical (unpaired) electrons. The maximum Gasteiger partial charge on any atom is 0.321 e. The summed E-state index contributed by atoms with van der Waals surface area (Å²) in [6.07, 6.45) is -0.133. The zero-order chi connectivity index (χ0) is 9.30. The first kappa shape index (κ1) is 8.66. The van der Waals surface area contributed by atoms with Crippen molar-refractivity contribution in [3.8, 4) is 0 Å². The van der Waals surface area contributed by atoms with Crippen molar-refractivity contribution in [2.75, 3.05) is 0 Å². The first-order valence-electron chi connectivity index (χ1n) is 3.34. The molecule has 1 heterocycles. The van der Waals surface area contributed by atoms with E-state index in [-0.39, 0.29) is 6.42 Å². The van der Waals surface area contributed by atoms with Gasteiger partial charge in [0.05, 0.1) is 5.92 Å². The second kappa shape index (κ2) is 2.90. The minimum absolute atomic E-state index is 0.133. The number of carboxylic acid groups (broad SMARTS) is 1. The number of amides is 2. The number of carboxylic acids is 1. The Morgan fingerprint density at radius 2 is 2.25 bits per heavy atom. The average Bonchev–Trinajstić information content (AvgIpc) is 2.28. The molecule has 12 heavy (non-hydrogen) atoms. The molecule has 0 aromatic rings. The van der Waals surface area contributed by atoms with Gasteiger partial charge in [-0.1, -0.05) is 0 Å². The lowest BCUT2D eigenvalue weighted by Crippen LogP contribution is -2.41. The van der Waals surface area contributed by atoms with Crippen LogP contribution < -0.4 is 11.1 Å². The molecule has 0 saturated carbocycles. The molecule has 0 aliphatic carbocycles. The molecule has 1 saturated heterocycles. The van der Waals surface area contributed by atoms with E-state index < -0.39 is 29.7 Å². The highest BCUT2D eigenvalue weighted by Gasteiger charge is 2.38. The van der Waals surface area contributed by atoms with Crippen LogP contribution in [-0.2, 0) is 14.4 Å². The second-order valence-corrected chi connectivity index (χ2v) is 2.59. The Kier molecular flexibility index (Phi) is 2.09. The van der Waals surface area contributed by atoms with Crippen molar-refractivity contribution in [1.82, 2.24) is 5.32 Å². The van der Waals surface area contributed by atoms with E-state index in [1.807, 2.05) is 5.32 Å². The highest BCUT2D eigenvalue weighted by molar-refractivity contribution is 6.05. The van der Waals surface area contributed by atoms with Gasteiger partial charge in [-0.05, 0) is 0 Å². The van der Waals surface area contributed by atoms with Gasteiger partial charge in [0.2, 0.25) is 11.8 Å². The maximum absolute atomic E-state index is 10.9. The van der Waals surface area contributed by atoms with Crippen LogP contribution in [0, 0.1) is 5.92 Å². The molecule has 0 aromatic heterocycles. The Bertz CT molecular complexity index is 250. The van der Waals surface area contributed by atoms with Gasteiger partial charge < -0.3 is 10.8 Å². The molecule has 66 valence electrons. The Labute approximate surface area is 67.7 Å². The third-order valence-corrected chi connectivity index (χ3v) is 1.72. The molecule has 6 heteroatoms. The summed E-state index contributed by atoms with van der Waals surface area (Å²) < 4.78 is 0. The smallest absolute Gasteiger partial charge is 0.321 e. The van der Waals surface area contributed by atoms with Crippen molar-refractivity contribution < 1.29 is 19.5 Å². The van der Waals surface area contributed by atoms with Gasteiger partial charge in [0.1, 0.15) is 6.04 Å². The number of carbonyl (C=O) groups is 3. The quantitative estimate of drug-likeness (QED) is 0.420. The van der Waals surface area contributed by atoms with Gasteiger partial charge in [0, 0.05) is 6.42 Å². The summed E-state index contributed by atoms with van der Waals surface area (Å²) in [6, 6.07) is -1.29. The van der Waals surface area contributed by atoms with Gasteiger partial charge in [-0.15, -0.1) is 0 Å². The van der Waals surface area contributed by atoms with E-state index in [9.17, 15) is 14.4 Å². The van der Waals surface area contributed by atoms with E-state index in [4.69, 9.17) is 10.8 Å². The van der Waals surface area contributed by atoms with Gasteiger partial charge in [-0.3, -0.25) is 19.7 Å². The van der Waals surface area contributed by atoms with Crippen LogP contribution in [0.4, 0.5) is 0 Å². The fourth-order valence-corrected chi connectivity index (χ4v) is 1.04. The van der Waals surface area contributed by atoms with Gasteiger partial charge in [-0.2, -0.15) is 0 Å². The summed E-state index contributed by atoms with van der Waals surface area (Å²) in [7, 11) is 0. The van der Waals surface area contributed by atoms with E-state index in [1.165, 1.54) is 0 Å². The van der Waals surface area contributed by atoms with Gasteiger partial charge in [0.25, 0.3) is 0 Å². The highest BCUT2D eigenvalue weighted by Crippen LogP contribution is 2.13. The number of imide groups is 1. The molecule has 1 rings (SSSR count). The Morgan fingerprint density at radius 3 is 2.58 bits per heavy atom. The van der Waals surface area contributed by atoms with Crippen LogP contribution in [0.5, 0.6) is 0 Å². The number of carbonyl (C=O) groups excluding carboxylic acids is 2. The summed E-state index contributed by atoms with van der Waals surface area (Å²) in [5, 5.41) is 10.4. The number of nitrogens with two attached hydrogens (primary N) is 1. The molecule has 0 aromatic carbocycles. The lowest BCUT2D eigenvalue weighted by atomic mass is 9.99. The lowest BCUT2D eigenvalue weighted by molar-refractivity contribution is -0.142. The monoisotopic (exact) mass is 172 g/mol. The second-order valence-electron chi connectivity index (χ2n) is 2.59. The number of nitrogens with one attached hydrogen (secondary N) is 1. The summed E-state index contributed by atoms with van der Waals surface area (Å²) in [4.78, 5) is 31.8. The van der Waals surface area contributed by atoms with E-state index in [2.05, 4.69) is 0 Å². The highest BCUT2D eigenvalue weighted by atomic mass is 16.4. The molecule has 2 atom stereocenters. The van der Waals surface area contributed by atoms with Gasteiger partial charge in [-0.25, -0.2) is 0 Å². The summed E-state index contributed by atoms with van der Waals surface area (Å²) >= 11 is 0. The first-order chi connectivity index (χ1) is 5.52. The van der Waals surface area contributed by atoms with E-state index in [0.717, 1.165) is 0 Å². The molecule has 6 nitrogen and oxygen atoms in total. The molecule has 0 spiro atoms. The van der Waals surface area contributed by atoms with Crippen LogP contribution in [0.2, 0.25) is 0 Å². The van der Waals surface area contributed by atoms with Crippen molar-refractivity contribution in [2.24, 2.45) is 11.7 Å². The van der Waals surface area contributed by atoms with Gasteiger partial charge in [0.15, 0.2) is 0 Å². The SMILES string of the molecule is NC(C(=O)O)C1CC(=O)NC1=O. The lowest BCUT2D eigenvalue weighted by Gasteiger charge is -2.09. The van der Waals surface area contributed by atoms with Gasteiger partial charge >= 0.3 is 5.97 Å².